The average molecular weight is 274 g/mol. The van der Waals surface area contributed by atoms with E-state index in [9.17, 15) is 0 Å². The summed E-state index contributed by atoms with van der Waals surface area (Å²) in [6.45, 7) is 6.79. The molecule has 2 unspecified atom stereocenters. The van der Waals surface area contributed by atoms with Crippen LogP contribution in [0.3, 0.4) is 0 Å². The van der Waals surface area contributed by atoms with Gasteiger partial charge in [0.15, 0.2) is 0 Å². The summed E-state index contributed by atoms with van der Waals surface area (Å²) in [4.78, 5) is 4.65. The van der Waals surface area contributed by atoms with Crippen LogP contribution in [0.15, 0.2) is 18.3 Å². The topological polar surface area (TPSA) is 24.9 Å². The van der Waals surface area contributed by atoms with Gasteiger partial charge in [-0.25, -0.2) is 0 Å². The molecule has 1 fully saturated rings. The van der Waals surface area contributed by atoms with Crippen molar-refractivity contribution in [2.75, 3.05) is 13.1 Å². The van der Waals surface area contributed by atoms with E-state index in [2.05, 4.69) is 42.5 Å². The Kier molecular flexibility index (Phi) is 6.52. The van der Waals surface area contributed by atoms with E-state index in [1.807, 2.05) is 0 Å². The third-order valence-electron chi connectivity index (χ3n) is 4.67. The fourth-order valence-electron chi connectivity index (χ4n) is 3.34. The minimum atomic E-state index is 0.827. The van der Waals surface area contributed by atoms with E-state index in [4.69, 9.17) is 0 Å². The van der Waals surface area contributed by atoms with E-state index in [0.717, 1.165) is 24.8 Å². The van der Waals surface area contributed by atoms with Crippen molar-refractivity contribution in [1.82, 2.24) is 10.3 Å². The maximum atomic E-state index is 4.65. The Morgan fingerprint density at radius 3 is 2.60 bits per heavy atom. The molecule has 1 saturated carbocycles. The number of hydrogen-bond acceptors (Lipinski definition) is 2. The molecule has 1 aliphatic carbocycles. The van der Waals surface area contributed by atoms with Gasteiger partial charge < -0.3 is 5.32 Å². The number of aryl methyl sites for hydroxylation is 1. The second-order valence-electron chi connectivity index (χ2n) is 6.22. The van der Waals surface area contributed by atoms with Crippen LogP contribution in [0.25, 0.3) is 0 Å². The summed E-state index contributed by atoms with van der Waals surface area (Å²) >= 11 is 0. The lowest BCUT2D eigenvalue weighted by Crippen LogP contribution is -2.32. The Balaban J connectivity index is 1.89. The van der Waals surface area contributed by atoms with Gasteiger partial charge >= 0.3 is 0 Å². The number of hydrogen-bond donors (Lipinski definition) is 1. The minimum Gasteiger partial charge on any atom is -0.316 e. The number of nitrogens with one attached hydrogen (secondary N) is 1. The van der Waals surface area contributed by atoms with Gasteiger partial charge in [0.25, 0.3) is 0 Å². The molecule has 1 aromatic rings. The van der Waals surface area contributed by atoms with Crippen LogP contribution in [-0.2, 0) is 12.8 Å². The van der Waals surface area contributed by atoms with Gasteiger partial charge in [0.1, 0.15) is 0 Å². The molecule has 1 aromatic heterocycles. The highest BCUT2D eigenvalue weighted by Crippen LogP contribution is 2.31. The third kappa shape index (κ3) is 4.59. The van der Waals surface area contributed by atoms with E-state index < -0.39 is 0 Å². The number of rotatable bonds is 7. The van der Waals surface area contributed by atoms with E-state index >= 15 is 0 Å². The van der Waals surface area contributed by atoms with Crippen LogP contribution < -0.4 is 5.32 Å². The van der Waals surface area contributed by atoms with Crippen molar-refractivity contribution in [2.24, 2.45) is 11.8 Å². The predicted octanol–water partition coefficient (Wildman–Crippen LogP) is 3.99. The molecule has 0 spiro atoms. The molecular formula is C18H30N2. The molecule has 20 heavy (non-hydrogen) atoms. The highest BCUT2D eigenvalue weighted by Gasteiger charge is 2.25. The summed E-state index contributed by atoms with van der Waals surface area (Å²) in [5.74, 6) is 1.68. The van der Waals surface area contributed by atoms with Gasteiger partial charge in [-0.3, -0.25) is 4.98 Å². The molecule has 1 N–H and O–H groups in total. The normalized spacial score (nSPS) is 22.9. The fraction of sp³-hybridized carbons (Fsp3) is 0.722. The third-order valence-corrected chi connectivity index (χ3v) is 4.67. The molecule has 2 nitrogen and oxygen atoms in total. The van der Waals surface area contributed by atoms with Crippen molar-refractivity contribution in [3.05, 3.63) is 29.6 Å². The van der Waals surface area contributed by atoms with Gasteiger partial charge in [0.2, 0.25) is 0 Å². The number of nitrogens with zero attached hydrogens (tertiary/aromatic N) is 1. The molecule has 0 radical (unpaired) electrons. The highest BCUT2D eigenvalue weighted by atomic mass is 14.9. The maximum Gasteiger partial charge on any atom is 0.0406 e. The summed E-state index contributed by atoms with van der Waals surface area (Å²) < 4.78 is 0. The van der Waals surface area contributed by atoms with E-state index in [-0.39, 0.29) is 0 Å². The fourth-order valence-corrected chi connectivity index (χ4v) is 3.34. The van der Waals surface area contributed by atoms with Gasteiger partial charge in [-0.15, -0.1) is 0 Å². The zero-order valence-corrected chi connectivity index (χ0v) is 13.2. The standard InChI is InChI=1S/C18H30N2/c1-3-11-19-14-17-8-6-5-7-16(17)12-18-10-9-15(4-2)13-20-18/h9-10,13,16-17,19H,3-8,11-12,14H2,1-2H3. The van der Waals surface area contributed by atoms with Crippen molar-refractivity contribution in [1.29, 1.82) is 0 Å². The van der Waals surface area contributed by atoms with Crippen LogP contribution in [0, 0.1) is 11.8 Å². The predicted molar refractivity (Wildman–Crippen MR) is 85.9 cm³/mol. The Morgan fingerprint density at radius 1 is 1.15 bits per heavy atom. The van der Waals surface area contributed by atoms with Crippen molar-refractivity contribution in [3.8, 4) is 0 Å². The van der Waals surface area contributed by atoms with Crippen LogP contribution in [0.2, 0.25) is 0 Å². The zero-order chi connectivity index (χ0) is 14.2. The SMILES string of the molecule is CCCNCC1CCCCC1Cc1ccc(CC)cn1. The molecule has 112 valence electrons. The molecule has 1 aliphatic rings. The molecule has 0 saturated heterocycles. The number of aromatic nitrogens is 1. The van der Waals surface area contributed by atoms with Crippen molar-refractivity contribution in [3.63, 3.8) is 0 Å². The Hall–Kier alpha value is -0.890. The molecule has 2 heteroatoms. The Labute approximate surface area is 124 Å². The molecule has 0 bridgehead atoms. The molecule has 1 heterocycles. The van der Waals surface area contributed by atoms with Gasteiger partial charge in [0, 0.05) is 11.9 Å². The molecule has 2 atom stereocenters. The van der Waals surface area contributed by atoms with Gasteiger partial charge in [-0.1, -0.05) is 32.8 Å². The van der Waals surface area contributed by atoms with Crippen LogP contribution in [0.4, 0.5) is 0 Å². The lowest BCUT2D eigenvalue weighted by molar-refractivity contribution is 0.227. The summed E-state index contributed by atoms with van der Waals surface area (Å²) in [7, 11) is 0. The summed E-state index contributed by atoms with van der Waals surface area (Å²) in [5, 5.41) is 3.62. The maximum absolute atomic E-state index is 4.65. The lowest BCUT2D eigenvalue weighted by Gasteiger charge is -2.31. The van der Waals surface area contributed by atoms with Crippen molar-refractivity contribution >= 4 is 0 Å². The first kappa shape index (κ1) is 15.5. The van der Waals surface area contributed by atoms with Crippen LogP contribution in [-0.4, -0.2) is 18.1 Å². The highest BCUT2D eigenvalue weighted by molar-refractivity contribution is 5.14. The zero-order valence-electron chi connectivity index (χ0n) is 13.2. The monoisotopic (exact) mass is 274 g/mol. The molecule has 0 aromatic carbocycles. The molecule has 0 amide bonds. The molecule has 2 rings (SSSR count). The minimum absolute atomic E-state index is 0.827. The summed E-state index contributed by atoms with van der Waals surface area (Å²) in [5.41, 5.74) is 2.63. The van der Waals surface area contributed by atoms with E-state index in [0.29, 0.717) is 0 Å². The van der Waals surface area contributed by atoms with Crippen LogP contribution >= 0.6 is 0 Å². The van der Waals surface area contributed by atoms with Crippen molar-refractivity contribution < 1.29 is 0 Å². The van der Waals surface area contributed by atoms with Crippen LogP contribution in [0.1, 0.15) is 57.2 Å². The quantitative estimate of drug-likeness (QED) is 0.760. The first-order valence-corrected chi connectivity index (χ1v) is 8.48. The van der Waals surface area contributed by atoms with E-state index in [1.165, 1.54) is 56.3 Å². The lowest BCUT2D eigenvalue weighted by atomic mass is 9.76. The smallest absolute Gasteiger partial charge is 0.0406 e. The second-order valence-corrected chi connectivity index (χ2v) is 6.22. The van der Waals surface area contributed by atoms with Gasteiger partial charge in [-0.2, -0.15) is 0 Å². The van der Waals surface area contributed by atoms with Crippen molar-refractivity contribution in [2.45, 2.75) is 58.8 Å². The molecular weight excluding hydrogens is 244 g/mol. The number of pyridine rings is 1. The summed E-state index contributed by atoms with van der Waals surface area (Å²) in [6.07, 6.45) is 11.1. The second kappa shape index (κ2) is 8.41. The Bertz CT molecular complexity index is 372. The first-order valence-electron chi connectivity index (χ1n) is 8.48. The largest absolute Gasteiger partial charge is 0.316 e. The van der Waals surface area contributed by atoms with Gasteiger partial charge in [0.05, 0.1) is 0 Å². The Morgan fingerprint density at radius 2 is 1.95 bits per heavy atom. The average Bonchev–Trinajstić information content (AvgIpc) is 2.50. The molecule has 0 aliphatic heterocycles. The summed E-state index contributed by atoms with van der Waals surface area (Å²) in [6, 6.07) is 4.49. The van der Waals surface area contributed by atoms with E-state index in [1.54, 1.807) is 0 Å². The first-order chi connectivity index (χ1) is 9.83. The van der Waals surface area contributed by atoms with Crippen LogP contribution in [0.5, 0.6) is 0 Å². The van der Waals surface area contributed by atoms with Gasteiger partial charge in [-0.05, 0) is 68.7 Å².